The van der Waals surface area contributed by atoms with E-state index in [1.165, 1.54) is 32.1 Å². The summed E-state index contributed by atoms with van der Waals surface area (Å²) in [4.78, 5) is 10.4. The Morgan fingerprint density at radius 3 is 2.89 bits per heavy atom. The van der Waals surface area contributed by atoms with Crippen molar-refractivity contribution in [3.63, 3.8) is 0 Å². The normalized spacial score (nSPS) is 23.1. The molecule has 0 spiro atoms. The van der Waals surface area contributed by atoms with Crippen molar-refractivity contribution in [3.05, 3.63) is 31.9 Å². The molecule has 1 fully saturated rings. The van der Waals surface area contributed by atoms with E-state index in [1.807, 2.05) is 6.07 Å². The molecule has 1 aromatic rings. The summed E-state index contributed by atoms with van der Waals surface area (Å²) < 4.78 is 0.922. The lowest BCUT2D eigenvalue weighted by atomic mass is 9.84. The van der Waals surface area contributed by atoms with Gasteiger partial charge in [0, 0.05) is 27.4 Å². The van der Waals surface area contributed by atoms with Crippen LogP contribution in [0.5, 0.6) is 0 Å². The van der Waals surface area contributed by atoms with Crippen molar-refractivity contribution in [3.8, 4) is 0 Å². The summed E-state index contributed by atoms with van der Waals surface area (Å²) >= 11 is 2.16. The highest BCUT2D eigenvalue weighted by atomic mass is 127. The van der Waals surface area contributed by atoms with Gasteiger partial charge in [-0.15, -0.1) is 0 Å². The van der Waals surface area contributed by atoms with Crippen molar-refractivity contribution in [2.75, 3.05) is 5.32 Å². The van der Waals surface area contributed by atoms with E-state index >= 15 is 0 Å². The minimum atomic E-state index is -0.348. The van der Waals surface area contributed by atoms with Gasteiger partial charge in [0.05, 0.1) is 4.92 Å². The minimum absolute atomic E-state index is 0.157. The Hall–Kier alpha value is -0.850. The molecule has 1 N–H and O–H groups in total. The highest BCUT2D eigenvalue weighted by Crippen LogP contribution is 2.31. The number of anilines is 1. The van der Waals surface area contributed by atoms with E-state index in [2.05, 4.69) is 34.8 Å². The molecule has 104 valence electrons. The second-order valence-corrected chi connectivity index (χ2v) is 6.37. The maximum atomic E-state index is 10.7. The summed E-state index contributed by atoms with van der Waals surface area (Å²) in [5.41, 5.74) is 1.18. The van der Waals surface area contributed by atoms with E-state index in [0.29, 0.717) is 6.04 Å². The van der Waals surface area contributed by atoms with Gasteiger partial charge in [0.15, 0.2) is 0 Å². The molecule has 2 unspecified atom stereocenters. The Bertz CT molecular complexity index is 465. The summed E-state index contributed by atoms with van der Waals surface area (Å²) in [6.45, 7) is 2.25. The Balaban J connectivity index is 2.04. The summed E-state index contributed by atoms with van der Waals surface area (Å²) in [6, 6.07) is 5.54. The van der Waals surface area contributed by atoms with Gasteiger partial charge in [-0.05, 0) is 47.4 Å². The van der Waals surface area contributed by atoms with Crippen molar-refractivity contribution in [1.82, 2.24) is 0 Å². The van der Waals surface area contributed by atoms with E-state index in [0.717, 1.165) is 15.2 Å². The number of rotatable bonds is 4. The zero-order chi connectivity index (χ0) is 13.8. The lowest BCUT2D eigenvalue weighted by Gasteiger charge is -2.30. The van der Waals surface area contributed by atoms with E-state index in [-0.39, 0.29) is 10.6 Å². The first-order chi connectivity index (χ1) is 9.10. The fourth-order valence-corrected chi connectivity index (χ4v) is 3.40. The first kappa shape index (κ1) is 14.6. The predicted molar refractivity (Wildman–Crippen MR) is 85.5 cm³/mol. The molecule has 0 amide bonds. The van der Waals surface area contributed by atoms with Crippen LogP contribution in [0.1, 0.15) is 39.0 Å². The average Bonchev–Trinajstić information content (AvgIpc) is 2.41. The van der Waals surface area contributed by atoms with Gasteiger partial charge in [-0.2, -0.15) is 0 Å². The topological polar surface area (TPSA) is 55.2 Å². The van der Waals surface area contributed by atoms with E-state index in [4.69, 9.17) is 0 Å². The number of nitro benzene ring substituents is 1. The highest BCUT2D eigenvalue weighted by Gasteiger charge is 2.21. The average molecular weight is 374 g/mol. The van der Waals surface area contributed by atoms with Crippen LogP contribution in [0.3, 0.4) is 0 Å². The Labute approximate surface area is 127 Å². The van der Waals surface area contributed by atoms with Crippen LogP contribution in [-0.2, 0) is 0 Å². The van der Waals surface area contributed by atoms with Crippen LogP contribution in [0.25, 0.3) is 0 Å². The molecule has 1 aliphatic rings. The third-order valence-electron chi connectivity index (χ3n) is 3.88. The molecule has 2 rings (SSSR count). The molecule has 0 heterocycles. The van der Waals surface area contributed by atoms with Crippen molar-refractivity contribution < 1.29 is 4.92 Å². The second kappa shape index (κ2) is 6.54. The maximum Gasteiger partial charge on any atom is 0.270 e. The van der Waals surface area contributed by atoms with Crippen LogP contribution in [0.4, 0.5) is 11.4 Å². The zero-order valence-electron chi connectivity index (χ0n) is 11.1. The second-order valence-electron chi connectivity index (χ2n) is 5.20. The molecule has 1 saturated carbocycles. The Kier molecular flexibility index (Phi) is 5.01. The first-order valence-electron chi connectivity index (χ1n) is 6.80. The van der Waals surface area contributed by atoms with Gasteiger partial charge >= 0.3 is 0 Å². The molecule has 0 bridgehead atoms. The lowest BCUT2D eigenvalue weighted by Crippen LogP contribution is -2.27. The molecule has 0 aliphatic heterocycles. The lowest BCUT2D eigenvalue weighted by molar-refractivity contribution is -0.384. The molecule has 0 radical (unpaired) electrons. The first-order valence-corrected chi connectivity index (χ1v) is 7.88. The number of nitro groups is 1. The number of non-ortho nitro benzene ring substituents is 1. The predicted octanol–water partition coefficient (Wildman–Crippen LogP) is 4.58. The van der Waals surface area contributed by atoms with Crippen molar-refractivity contribution in [1.29, 1.82) is 0 Å². The molecule has 1 aliphatic carbocycles. The van der Waals surface area contributed by atoms with Crippen molar-refractivity contribution >= 4 is 34.0 Å². The van der Waals surface area contributed by atoms with Gasteiger partial charge in [0.25, 0.3) is 5.69 Å². The van der Waals surface area contributed by atoms with Crippen LogP contribution < -0.4 is 5.32 Å². The smallest absolute Gasteiger partial charge is 0.270 e. The van der Waals surface area contributed by atoms with Gasteiger partial charge in [-0.1, -0.05) is 26.2 Å². The molecule has 1 aromatic carbocycles. The van der Waals surface area contributed by atoms with Gasteiger partial charge in [0.2, 0.25) is 0 Å². The van der Waals surface area contributed by atoms with Gasteiger partial charge in [-0.3, -0.25) is 10.1 Å². The van der Waals surface area contributed by atoms with Crippen molar-refractivity contribution in [2.24, 2.45) is 5.92 Å². The molecule has 19 heavy (non-hydrogen) atoms. The van der Waals surface area contributed by atoms with Crippen LogP contribution in [-0.4, -0.2) is 11.0 Å². The van der Waals surface area contributed by atoms with Gasteiger partial charge < -0.3 is 5.32 Å². The molecule has 0 saturated heterocycles. The van der Waals surface area contributed by atoms with Gasteiger partial charge in [-0.25, -0.2) is 0 Å². The van der Waals surface area contributed by atoms with E-state index in [1.54, 1.807) is 12.1 Å². The fourth-order valence-electron chi connectivity index (χ4n) is 2.75. The number of hydrogen-bond donors (Lipinski definition) is 1. The molecule has 4 nitrogen and oxygen atoms in total. The fraction of sp³-hybridized carbons (Fsp3) is 0.571. The quantitative estimate of drug-likeness (QED) is 0.477. The maximum absolute atomic E-state index is 10.7. The SMILES string of the molecule is CCC1CCCC(Nc2ccc([N+](=O)[O-])cc2I)C1. The number of nitrogens with zero attached hydrogens (tertiary/aromatic N) is 1. The van der Waals surface area contributed by atoms with Gasteiger partial charge in [0.1, 0.15) is 0 Å². The molecule has 5 heteroatoms. The summed E-state index contributed by atoms with van der Waals surface area (Å²) in [7, 11) is 0. The Morgan fingerprint density at radius 1 is 1.47 bits per heavy atom. The zero-order valence-corrected chi connectivity index (χ0v) is 13.2. The largest absolute Gasteiger partial charge is 0.381 e. The minimum Gasteiger partial charge on any atom is -0.381 e. The monoisotopic (exact) mass is 374 g/mol. The third-order valence-corrected chi connectivity index (χ3v) is 4.78. The number of nitrogens with one attached hydrogen (secondary N) is 1. The molecular formula is C14H19IN2O2. The van der Waals surface area contributed by atoms with Crippen LogP contribution >= 0.6 is 22.6 Å². The van der Waals surface area contributed by atoms with Crippen LogP contribution in [0, 0.1) is 19.6 Å². The molecule has 2 atom stereocenters. The Morgan fingerprint density at radius 2 is 2.26 bits per heavy atom. The standard InChI is InChI=1S/C14H19IN2O2/c1-2-10-4-3-5-11(8-10)16-14-7-6-12(17(18)19)9-13(14)15/h6-7,9-11,16H,2-5,8H2,1H3. The van der Waals surface area contributed by atoms with E-state index in [9.17, 15) is 10.1 Å². The summed E-state index contributed by atoms with van der Waals surface area (Å²) in [5.74, 6) is 0.821. The number of benzene rings is 1. The molecule has 0 aromatic heterocycles. The third kappa shape index (κ3) is 3.81. The molecular weight excluding hydrogens is 355 g/mol. The number of halogens is 1. The number of hydrogen-bond acceptors (Lipinski definition) is 3. The summed E-state index contributed by atoms with van der Waals surface area (Å²) in [6.07, 6.45) is 6.27. The van der Waals surface area contributed by atoms with Crippen molar-refractivity contribution in [2.45, 2.75) is 45.1 Å². The van der Waals surface area contributed by atoms with Crippen LogP contribution in [0.15, 0.2) is 18.2 Å². The van der Waals surface area contributed by atoms with Crippen LogP contribution in [0.2, 0.25) is 0 Å². The van der Waals surface area contributed by atoms with E-state index < -0.39 is 0 Å². The highest BCUT2D eigenvalue weighted by molar-refractivity contribution is 14.1. The summed E-state index contributed by atoms with van der Waals surface area (Å²) in [5, 5.41) is 14.3.